The van der Waals surface area contributed by atoms with Gasteiger partial charge in [0, 0.05) is 11.8 Å². The maximum Gasteiger partial charge on any atom is 0.509 e. The highest BCUT2D eigenvalue weighted by Crippen LogP contribution is 2.41. The number of methoxy groups -OCH3 is 1. The zero-order chi connectivity index (χ0) is 35.0. The lowest BCUT2D eigenvalue weighted by atomic mass is 9.96. The van der Waals surface area contributed by atoms with Crippen molar-refractivity contribution in [3.05, 3.63) is 131 Å². The summed E-state index contributed by atoms with van der Waals surface area (Å²) in [4.78, 5) is 55.7. The van der Waals surface area contributed by atoms with Crippen LogP contribution in [0.2, 0.25) is 0 Å². The largest absolute Gasteiger partial charge is 0.509 e. The molecule has 1 fully saturated rings. The first kappa shape index (κ1) is 34.7. The van der Waals surface area contributed by atoms with Crippen LogP contribution in [0.1, 0.15) is 38.8 Å². The molecule has 258 valence electrons. The van der Waals surface area contributed by atoms with E-state index in [1.807, 2.05) is 60.7 Å². The molecule has 0 radical (unpaired) electrons. The van der Waals surface area contributed by atoms with Gasteiger partial charge in [0.25, 0.3) is 11.8 Å². The minimum absolute atomic E-state index is 0.0937. The fourth-order valence-corrected chi connectivity index (χ4v) is 7.05. The highest BCUT2D eigenvalue weighted by molar-refractivity contribution is 7.99. The molecule has 0 spiro atoms. The van der Waals surface area contributed by atoms with Crippen molar-refractivity contribution in [2.75, 3.05) is 13.7 Å². The minimum Gasteiger partial charge on any atom is -0.497 e. The van der Waals surface area contributed by atoms with Gasteiger partial charge in [0.05, 0.1) is 31.5 Å². The summed E-state index contributed by atoms with van der Waals surface area (Å²) in [5.41, 5.74) is 0.961. The smallest absolute Gasteiger partial charge is 0.497 e. The lowest BCUT2D eigenvalue weighted by Gasteiger charge is -2.47. The number of hydrogen-bond acceptors (Lipinski definition) is 11. The first-order valence-electron chi connectivity index (χ1n) is 15.9. The van der Waals surface area contributed by atoms with Crippen LogP contribution in [0.4, 0.5) is 4.79 Å². The van der Waals surface area contributed by atoms with E-state index >= 15 is 0 Å². The molecule has 1 saturated heterocycles. The van der Waals surface area contributed by atoms with Gasteiger partial charge in [-0.2, -0.15) is 0 Å². The maximum absolute atomic E-state index is 14.0. The van der Waals surface area contributed by atoms with Gasteiger partial charge in [0.15, 0.2) is 12.2 Å². The van der Waals surface area contributed by atoms with Crippen molar-refractivity contribution >= 4 is 35.7 Å². The summed E-state index contributed by atoms with van der Waals surface area (Å²) in [6.45, 7) is 1.19. The summed E-state index contributed by atoms with van der Waals surface area (Å²) in [7, 11) is 1.58. The summed E-state index contributed by atoms with van der Waals surface area (Å²) < 4.78 is 35.2. The fraction of sp³-hybridized carbons (Fsp3) is 0.263. The molecular weight excluding hydrogens is 662 g/mol. The SMILES string of the molecule is COc1ccc(COC[C@H]2O[C@@H](Sc3ccccc3)[C@H](N3C(=O)c4ccccc4C3=O)[C@@H](OC(=O)OCc3ccccc3)[C@@H]2OC(C)=O)cc1. The molecule has 5 atom stereocenters. The number of fused-ring (bicyclic) bond motifs is 1. The number of ether oxygens (including phenoxy) is 6. The number of carbonyl (C=O) groups is 4. The number of esters is 1. The molecule has 0 aliphatic carbocycles. The molecule has 6 rings (SSSR count). The summed E-state index contributed by atoms with van der Waals surface area (Å²) in [6.07, 6.45) is -4.78. The number of imide groups is 1. The third kappa shape index (κ3) is 7.99. The van der Waals surface area contributed by atoms with Gasteiger partial charge in [-0.25, -0.2) is 4.79 Å². The zero-order valence-corrected chi connectivity index (χ0v) is 28.2. The lowest BCUT2D eigenvalue weighted by molar-refractivity contribution is -0.210. The third-order valence-corrected chi connectivity index (χ3v) is 9.34. The van der Waals surface area contributed by atoms with Crippen molar-refractivity contribution < 1.29 is 47.6 Å². The van der Waals surface area contributed by atoms with Gasteiger partial charge in [0.2, 0.25) is 0 Å². The molecule has 12 heteroatoms. The molecule has 2 aliphatic rings. The Hall–Kier alpha value is -5.17. The summed E-state index contributed by atoms with van der Waals surface area (Å²) in [5, 5.41) is 0. The van der Waals surface area contributed by atoms with Gasteiger partial charge in [-0.3, -0.25) is 19.3 Å². The molecule has 50 heavy (non-hydrogen) atoms. The molecule has 0 unspecified atom stereocenters. The second-order valence-corrected chi connectivity index (χ2v) is 12.7. The monoisotopic (exact) mass is 697 g/mol. The Bertz CT molecular complexity index is 1770. The summed E-state index contributed by atoms with van der Waals surface area (Å²) in [5.74, 6) is -1.20. The van der Waals surface area contributed by atoms with E-state index in [0.717, 1.165) is 15.4 Å². The number of hydrogen-bond donors (Lipinski definition) is 0. The second-order valence-electron chi connectivity index (χ2n) is 11.5. The molecule has 2 amide bonds. The molecular formula is C38H35NO10S. The van der Waals surface area contributed by atoms with Crippen molar-refractivity contribution in [1.29, 1.82) is 0 Å². The predicted octanol–water partition coefficient (Wildman–Crippen LogP) is 6.05. The second kappa shape index (κ2) is 16.0. The van der Waals surface area contributed by atoms with E-state index in [0.29, 0.717) is 11.3 Å². The van der Waals surface area contributed by atoms with Gasteiger partial charge >= 0.3 is 12.1 Å². The number of rotatable bonds is 12. The van der Waals surface area contributed by atoms with Crippen LogP contribution in [-0.2, 0) is 41.7 Å². The third-order valence-electron chi connectivity index (χ3n) is 8.18. The zero-order valence-electron chi connectivity index (χ0n) is 27.3. The highest BCUT2D eigenvalue weighted by Gasteiger charge is 2.57. The number of benzene rings is 4. The number of thioether (sulfide) groups is 1. The van der Waals surface area contributed by atoms with Crippen molar-refractivity contribution in [3.8, 4) is 5.75 Å². The van der Waals surface area contributed by atoms with Crippen LogP contribution in [0.5, 0.6) is 5.75 Å². The van der Waals surface area contributed by atoms with E-state index in [4.69, 9.17) is 28.4 Å². The van der Waals surface area contributed by atoms with Crippen LogP contribution in [0, 0.1) is 0 Å². The summed E-state index contributed by atoms with van der Waals surface area (Å²) >= 11 is 1.23. The summed E-state index contributed by atoms with van der Waals surface area (Å²) in [6, 6.07) is 30.8. The topological polar surface area (TPSA) is 127 Å². The number of carbonyl (C=O) groups excluding carboxylic acids is 4. The predicted molar refractivity (Wildman–Crippen MR) is 181 cm³/mol. The Labute approximate surface area is 293 Å². The van der Waals surface area contributed by atoms with Gasteiger partial charge in [0.1, 0.15) is 29.9 Å². The standard InChI is InChI=1S/C38H35NO10S/c1-24(40)47-33-31(23-45-21-26-17-19-27(44-2)20-18-26)48-37(50-28-13-7-4-8-14-28)32(39-35(41)29-15-9-10-16-30(29)36(39)42)34(33)49-38(43)46-22-25-11-5-3-6-12-25/h3-20,31-34,37H,21-23H2,1-2H3/t31-,32-,33-,34-,37+/m1/s1. The van der Waals surface area contributed by atoms with Gasteiger partial charge in [-0.1, -0.05) is 84.6 Å². The molecule has 0 bridgehead atoms. The molecule has 0 aromatic heterocycles. The van der Waals surface area contributed by atoms with Crippen LogP contribution in [0.25, 0.3) is 0 Å². The van der Waals surface area contributed by atoms with E-state index in [2.05, 4.69) is 0 Å². The quantitative estimate of drug-likeness (QED) is 0.127. The van der Waals surface area contributed by atoms with Crippen molar-refractivity contribution in [3.63, 3.8) is 0 Å². The van der Waals surface area contributed by atoms with E-state index < -0.39 is 53.7 Å². The Morgan fingerprint density at radius 1 is 0.740 bits per heavy atom. The average Bonchev–Trinajstić information content (AvgIpc) is 3.38. The van der Waals surface area contributed by atoms with E-state index in [9.17, 15) is 19.2 Å². The Kier molecular flexibility index (Phi) is 11.1. The molecule has 4 aromatic carbocycles. The normalized spacial score (nSPS) is 21.3. The molecule has 4 aromatic rings. The van der Waals surface area contributed by atoms with E-state index in [1.165, 1.54) is 18.7 Å². The number of nitrogens with zero attached hydrogens (tertiary/aromatic N) is 1. The first-order valence-corrected chi connectivity index (χ1v) is 16.8. The maximum atomic E-state index is 14.0. The van der Waals surface area contributed by atoms with Crippen molar-refractivity contribution in [2.45, 2.75) is 54.8 Å². The number of amides is 2. The average molecular weight is 698 g/mol. The Balaban J connectivity index is 1.35. The molecule has 11 nitrogen and oxygen atoms in total. The molecule has 2 heterocycles. The van der Waals surface area contributed by atoms with Crippen LogP contribution >= 0.6 is 11.8 Å². The van der Waals surface area contributed by atoms with Crippen LogP contribution in [0.15, 0.2) is 114 Å². The fourth-order valence-electron chi connectivity index (χ4n) is 5.85. The highest BCUT2D eigenvalue weighted by atomic mass is 32.2. The van der Waals surface area contributed by atoms with Gasteiger partial charge in [-0.15, -0.1) is 0 Å². The molecule has 2 aliphatic heterocycles. The van der Waals surface area contributed by atoms with Gasteiger partial charge < -0.3 is 28.4 Å². The Morgan fingerprint density at radius 2 is 1.34 bits per heavy atom. The van der Waals surface area contributed by atoms with E-state index in [1.54, 1.807) is 55.6 Å². The lowest BCUT2D eigenvalue weighted by Crippen LogP contribution is -2.66. The first-order chi connectivity index (χ1) is 24.3. The van der Waals surface area contributed by atoms with Crippen LogP contribution in [-0.4, -0.2) is 72.3 Å². The van der Waals surface area contributed by atoms with Crippen molar-refractivity contribution in [2.24, 2.45) is 0 Å². The minimum atomic E-state index is -1.41. The van der Waals surface area contributed by atoms with Crippen LogP contribution in [0.3, 0.4) is 0 Å². The molecule has 0 N–H and O–H groups in total. The molecule has 0 saturated carbocycles. The van der Waals surface area contributed by atoms with Gasteiger partial charge in [-0.05, 0) is 47.5 Å². The Morgan fingerprint density at radius 3 is 1.96 bits per heavy atom. The van der Waals surface area contributed by atoms with Crippen molar-refractivity contribution in [1.82, 2.24) is 4.90 Å². The van der Waals surface area contributed by atoms with Crippen LogP contribution < -0.4 is 4.74 Å². The van der Waals surface area contributed by atoms with E-state index in [-0.39, 0.29) is 30.9 Å².